The van der Waals surface area contributed by atoms with Gasteiger partial charge in [0.15, 0.2) is 0 Å². The highest BCUT2D eigenvalue weighted by Gasteiger charge is 2.68. The van der Waals surface area contributed by atoms with E-state index in [1.165, 1.54) is 16.7 Å². The molecule has 1 aromatic carbocycles. The van der Waals surface area contributed by atoms with Gasteiger partial charge in [-0.3, -0.25) is 19.8 Å². The topological polar surface area (TPSA) is 78.5 Å². The molecule has 2 N–H and O–H groups in total. The minimum Gasteiger partial charge on any atom is -0.314 e. The molecule has 0 bridgehead atoms. The van der Waals surface area contributed by atoms with E-state index in [0.717, 1.165) is 19.2 Å². The number of benzene rings is 1. The first-order valence-corrected chi connectivity index (χ1v) is 6.70. The molecular formula is C12H8Cl2F3N3O3. The number of rotatable bonds is 2. The predicted octanol–water partition coefficient (Wildman–Crippen LogP) is 2.16. The van der Waals surface area contributed by atoms with Gasteiger partial charge >= 0.3 is 12.2 Å². The molecule has 4 amide bonds. The standard InChI is InChI=1S/C12H8Cl2F3N3O3/c1-20-9(22)11(12(15,16)17,19-10(20)23)18-8(21)6-3-2-5(13)4-7(6)14/h2-4H,1H3,(H,18,21)(H,19,23)/t11-/m0/s1. The zero-order valence-corrected chi connectivity index (χ0v) is 12.8. The van der Waals surface area contributed by atoms with E-state index < -0.39 is 29.7 Å². The highest BCUT2D eigenvalue weighted by Crippen LogP contribution is 2.34. The lowest BCUT2D eigenvalue weighted by Gasteiger charge is -2.29. The number of carbonyl (C=O) groups excluding carboxylic acids is 3. The van der Waals surface area contributed by atoms with E-state index in [9.17, 15) is 27.6 Å². The Bertz CT molecular complexity index is 711. The second-order valence-electron chi connectivity index (χ2n) is 4.62. The molecule has 23 heavy (non-hydrogen) atoms. The summed E-state index contributed by atoms with van der Waals surface area (Å²) in [6, 6.07) is 2.19. The maximum Gasteiger partial charge on any atom is 0.440 e. The molecule has 0 radical (unpaired) electrons. The van der Waals surface area contributed by atoms with Crippen LogP contribution in [0.3, 0.4) is 0 Å². The summed E-state index contributed by atoms with van der Waals surface area (Å²) in [4.78, 5) is 35.5. The summed E-state index contributed by atoms with van der Waals surface area (Å²) in [5.41, 5.74) is -3.89. The number of likely N-dealkylation sites (N-methyl/N-ethyl adjacent to an activating group) is 1. The quantitative estimate of drug-likeness (QED) is 0.784. The van der Waals surface area contributed by atoms with Crippen LogP contribution in [0.1, 0.15) is 10.4 Å². The average Bonchev–Trinajstić information content (AvgIpc) is 2.63. The van der Waals surface area contributed by atoms with Crippen LogP contribution in [0.5, 0.6) is 0 Å². The Morgan fingerprint density at radius 3 is 2.35 bits per heavy atom. The lowest BCUT2D eigenvalue weighted by atomic mass is 10.1. The van der Waals surface area contributed by atoms with E-state index in [1.54, 1.807) is 0 Å². The van der Waals surface area contributed by atoms with E-state index in [0.29, 0.717) is 0 Å². The molecule has 11 heteroatoms. The Balaban J connectivity index is 2.42. The van der Waals surface area contributed by atoms with Crippen LogP contribution < -0.4 is 10.6 Å². The van der Waals surface area contributed by atoms with Gasteiger partial charge in [0, 0.05) is 12.1 Å². The second-order valence-corrected chi connectivity index (χ2v) is 5.46. The molecule has 1 fully saturated rings. The van der Waals surface area contributed by atoms with Crippen LogP contribution in [0.2, 0.25) is 10.0 Å². The SMILES string of the molecule is CN1C(=O)N[C@](NC(=O)c2ccc(Cl)cc2Cl)(C(F)(F)F)C1=O. The molecule has 124 valence electrons. The highest BCUT2D eigenvalue weighted by molar-refractivity contribution is 6.36. The van der Waals surface area contributed by atoms with Gasteiger partial charge in [0.2, 0.25) is 0 Å². The monoisotopic (exact) mass is 369 g/mol. The molecule has 0 unspecified atom stereocenters. The third-order valence-corrected chi connectivity index (χ3v) is 3.67. The van der Waals surface area contributed by atoms with E-state index in [2.05, 4.69) is 0 Å². The van der Waals surface area contributed by atoms with Crippen LogP contribution in [-0.2, 0) is 4.79 Å². The smallest absolute Gasteiger partial charge is 0.314 e. The van der Waals surface area contributed by atoms with Crippen molar-refractivity contribution in [2.75, 3.05) is 7.05 Å². The fourth-order valence-electron chi connectivity index (χ4n) is 1.90. The highest BCUT2D eigenvalue weighted by atomic mass is 35.5. The molecule has 1 saturated heterocycles. The number of halogens is 5. The number of carbonyl (C=O) groups is 3. The number of hydrogen-bond donors (Lipinski definition) is 2. The van der Waals surface area contributed by atoms with Crippen molar-refractivity contribution in [1.29, 1.82) is 0 Å². The molecule has 1 aliphatic rings. The van der Waals surface area contributed by atoms with Gasteiger partial charge < -0.3 is 5.32 Å². The van der Waals surface area contributed by atoms with Gasteiger partial charge in [0.25, 0.3) is 17.5 Å². The minimum absolute atomic E-state index is 0.169. The first kappa shape index (κ1) is 17.4. The third-order valence-electron chi connectivity index (χ3n) is 3.13. The summed E-state index contributed by atoms with van der Waals surface area (Å²) in [5.74, 6) is -2.96. The molecular weight excluding hydrogens is 362 g/mol. The van der Waals surface area contributed by atoms with Crippen LogP contribution in [0, 0.1) is 0 Å². The van der Waals surface area contributed by atoms with Crippen molar-refractivity contribution in [2.24, 2.45) is 0 Å². The number of amides is 4. The zero-order valence-electron chi connectivity index (χ0n) is 11.3. The van der Waals surface area contributed by atoms with Gasteiger partial charge in [-0.2, -0.15) is 13.2 Å². The lowest BCUT2D eigenvalue weighted by molar-refractivity contribution is -0.199. The number of imide groups is 1. The van der Waals surface area contributed by atoms with E-state index in [-0.39, 0.29) is 20.5 Å². The van der Waals surface area contributed by atoms with Gasteiger partial charge in [-0.25, -0.2) is 4.79 Å². The van der Waals surface area contributed by atoms with Crippen molar-refractivity contribution in [1.82, 2.24) is 15.5 Å². The maximum atomic E-state index is 13.3. The number of alkyl halides is 3. The fraction of sp³-hybridized carbons (Fsp3) is 0.250. The molecule has 0 spiro atoms. The maximum absolute atomic E-state index is 13.3. The van der Waals surface area contributed by atoms with E-state index >= 15 is 0 Å². The van der Waals surface area contributed by atoms with Crippen molar-refractivity contribution >= 4 is 41.0 Å². The summed E-state index contributed by atoms with van der Waals surface area (Å²) in [6.45, 7) is 0. The molecule has 0 aliphatic carbocycles. The number of hydrogen-bond acceptors (Lipinski definition) is 3. The average molecular weight is 370 g/mol. The van der Waals surface area contributed by atoms with Crippen molar-refractivity contribution in [3.05, 3.63) is 33.8 Å². The summed E-state index contributed by atoms with van der Waals surface area (Å²) < 4.78 is 40.0. The van der Waals surface area contributed by atoms with Crippen LogP contribution in [-0.4, -0.2) is 41.6 Å². The van der Waals surface area contributed by atoms with Crippen LogP contribution in [0.25, 0.3) is 0 Å². The zero-order chi connectivity index (χ0) is 17.6. The van der Waals surface area contributed by atoms with Crippen molar-refractivity contribution in [3.8, 4) is 0 Å². The van der Waals surface area contributed by atoms with Crippen LogP contribution in [0.15, 0.2) is 18.2 Å². The second kappa shape index (κ2) is 5.57. The lowest BCUT2D eigenvalue weighted by Crippen LogP contribution is -2.69. The predicted molar refractivity (Wildman–Crippen MR) is 74.0 cm³/mol. The summed E-state index contributed by atoms with van der Waals surface area (Å²) in [7, 11) is 0.854. The molecule has 2 rings (SSSR count). The third kappa shape index (κ3) is 2.81. The molecule has 6 nitrogen and oxygen atoms in total. The van der Waals surface area contributed by atoms with Gasteiger partial charge in [0.1, 0.15) is 0 Å². The van der Waals surface area contributed by atoms with Gasteiger partial charge in [-0.1, -0.05) is 23.2 Å². The molecule has 0 aromatic heterocycles. The number of urea groups is 1. The summed E-state index contributed by atoms with van der Waals surface area (Å²) >= 11 is 11.4. The summed E-state index contributed by atoms with van der Waals surface area (Å²) in [6.07, 6.45) is -5.26. The van der Waals surface area contributed by atoms with Crippen molar-refractivity contribution < 1.29 is 27.6 Å². The van der Waals surface area contributed by atoms with Gasteiger partial charge in [-0.05, 0) is 18.2 Å². The minimum atomic E-state index is -5.26. The van der Waals surface area contributed by atoms with E-state index in [1.807, 2.05) is 0 Å². The summed E-state index contributed by atoms with van der Waals surface area (Å²) in [5, 5.41) is 2.91. The van der Waals surface area contributed by atoms with Crippen LogP contribution >= 0.6 is 23.2 Å². The molecule has 1 atom stereocenters. The molecule has 1 aromatic rings. The molecule has 1 aliphatic heterocycles. The molecule has 0 saturated carbocycles. The Labute approximate surface area is 137 Å². The number of nitrogens with zero attached hydrogens (tertiary/aromatic N) is 1. The van der Waals surface area contributed by atoms with E-state index in [4.69, 9.17) is 23.2 Å². The Hall–Kier alpha value is -2.00. The van der Waals surface area contributed by atoms with Crippen LogP contribution in [0.4, 0.5) is 18.0 Å². The Morgan fingerprint density at radius 1 is 1.30 bits per heavy atom. The Morgan fingerprint density at radius 2 is 1.91 bits per heavy atom. The fourth-order valence-corrected chi connectivity index (χ4v) is 2.39. The number of nitrogens with one attached hydrogen (secondary N) is 2. The first-order chi connectivity index (χ1) is 10.5. The van der Waals surface area contributed by atoms with Gasteiger partial charge in [0.05, 0.1) is 10.6 Å². The first-order valence-electron chi connectivity index (χ1n) is 5.94. The largest absolute Gasteiger partial charge is 0.440 e. The van der Waals surface area contributed by atoms with Crippen molar-refractivity contribution in [3.63, 3.8) is 0 Å². The normalized spacial score (nSPS) is 21.4. The Kier molecular flexibility index (Phi) is 4.20. The van der Waals surface area contributed by atoms with Gasteiger partial charge in [-0.15, -0.1) is 0 Å². The molecule has 1 heterocycles. The van der Waals surface area contributed by atoms with Crippen molar-refractivity contribution in [2.45, 2.75) is 11.8 Å².